The average molecular weight is 454 g/mol. The van der Waals surface area contributed by atoms with Gasteiger partial charge in [0.1, 0.15) is 6.07 Å². The second-order valence-electron chi connectivity index (χ2n) is 7.62. The zero-order chi connectivity index (χ0) is 23.5. The highest BCUT2D eigenvalue weighted by Gasteiger charge is 2.32. The number of alkyl halides is 6. The second-order valence-corrected chi connectivity index (χ2v) is 7.62. The van der Waals surface area contributed by atoms with Crippen LogP contribution in [-0.4, -0.2) is 4.98 Å². The molecule has 33 heavy (non-hydrogen) atoms. The molecule has 8 heteroatoms. The van der Waals surface area contributed by atoms with E-state index in [4.69, 9.17) is 0 Å². The molecule has 0 aliphatic carbocycles. The monoisotopic (exact) mass is 454 g/mol. The average Bonchev–Trinajstić information content (AvgIpc) is 3.15. The number of benzene rings is 4. The Labute approximate surface area is 182 Å². The van der Waals surface area contributed by atoms with Gasteiger partial charge in [0.15, 0.2) is 0 Å². The molecular formula is C25H12F6N2. The lowest BCUT2D eigenvalue weighted by atomic mass is 9.90. The second kappa shape index (κ2) is 7.01. The topological polar surface area (TPSA) is 39.6 Å². The fourth-order valence-corrected chi connectivity index (χ4v) is 4.25. The molecular weight excluding hydrogens is 442 g/mol. The molecule has 5 rings (SSSR count). The maximum atomic E-state index is 13.5. The predicted octanol–water partition coefficient (Wildman–Crippen LogP) is 8.05. The molecule has 1 N–H and O–H groups in total. The van der Waals surface area contributed by atoms with E-state index >= 15 is 0 Å². The van der Waals surface area contributed by atoms with E-state index in [0.29, 0.717) is 32.9 Å². The number of aromatic nitrogens is 1. The highest BCUT2D eigenvalue weighted by atomic mass is 19.4. The van der Waals surface area contributed by atoms with Crippen LogP contribution < -0.4 is 0 Å². The van der Waals surface area contributed by atoms with Gasteiger partial charge in [0.05, 0.1) is 22.2 Å². The highest BCUT2D eigenvalue weighted by Crippen LogP contribution is 2.44. The van der Waals surface area contributed by atoms with Crippen LogP contribution in [0, 0.1) is 11.3 Å². The summed E-state index contributed by atoms with van der Waals surface area (Å²) in [5.41, 5.74) is 0.0589. The zero-order valence-corrected chi connectivity index (χ0v) is 16.6. The lowest BCUT2D eigenvalue weighted by Crippen LogP contribution is -2.05. The third kappa shape index (κ3) is 3.28. The first kappa shape index (κ1) is 20.9. The van der Waals surface area contributed by atoms with Gasteiger partial charge in [0.2, 0.25) is 0 Å². The van der Waals surface area contributed by atoms with Gasteiger partial charge in [-0.25, -0.2) is 0 Å². The highest BCUT2D eigenvalue weighted by molar-refractivity contribution is 6.23. The molecule has 4 aromatic carbocycles. The molecule has 0 fully saturated rings. The summed E-state index contributed by atoms with van der Waals surface area (Å²) in [7, 11) is 0. The van der Waals surface area contributed by atoms with Crippen molar-refractivity contribution >= 4 is 32.6 Å². The van der Waals surface area contributed by atoms with Crippen LogP contribution in [0.1, 0.15) is 16.7 Å². The van der Waals surface area contributed by atoms with E-state index in [1.165, 1.54) is 18.2 Å². The first-order valence-electron chi connectivity index (χ1n) is 9.74. The normalized spacial score (nSPS) is 12.5. The number of fused-ring (bicyclic) bond motifs is 4. The van der Waals surface area contributed by atoms with Crippen molar-refractivity contribution < 1.29 is 26.3 Å². The molecule has 0 atom stereocenters. The number of para-hydroxylation sites is 1. The first-order valence-corrected chi connectivity index (χ1v) is 9.74. The molecule has 1 heterocycles. The Morgan fingerprint density at radius 1 is 0.697 bits per heavy atom. The molecule has 0 radical (unpaired) electrons. The van der Waals surface area contributed by atoms with Crippen LogP contribution in [0.4, 0.5) is 26.3 Å². The molecule has 164 valence electrons. The quantitative estimate of drug-likeness (QED) is 0.256. The number of aromatic amines is 1. The third-order valence-corrected chi connectivity index (χ3v) is 5.70. The molecule has 0 spiro atoms. The fourth-order valence-electron chi connectivity index (χ4n) is 4.25. The number of nitrogens with one attached hydrogen (secondary N) is 1. The van der Waals surface area contributed by atoms with Crippen LogP contribution in [0.3, 0.4) is 0 Å². The smallest absolute Gasteiger partial charge is 0.354 e. The largest absolute Gasteiger partial charge is 0.416 e. The van der Waals surface area contributed by atoms with Crippen LogP contribution >= 0.6 is 0 Å². The van der Waals surface area contributed by atoms with Crippen LogP contribution in [0.15, 0.2) is 66.7 Å². The molecule has 0 saturated heterocycles. The molecule has 0 unspecified atom stereocenters. The van der Waals surface area contributed by atoms with Crippen LogP contribution in [-0.2, 0) is 12.4 Å². The number of hydrogen-bond acceptors (Lipinski definition) is 1. The summed E-state index contributed by atoms with van der Waals surface area (Å²) in [4.78, 5) is 3.16. The number of nitrogens with zero attached hydrogens (tertiary/aromatic N) is 1. The summed E-state index contributed by atoms with van der Waals surface area (Å²) in [6.07, 6.45) is -9.18. The molecule has 0 bridgehead atoms. The van der Waals surface area contributed by atoms with Gasteiger partial charge in [-0.05, 0) is 41.3 Å². The predicted molar refractivity (Wildman–Crippen MR) is 113 cm³/mol. The third-order valence-electron chi connectivity index (χ3n) is 5.70. The molecule has 1 aromatic heterocycles. The molecule has 0 aliphatic heterocycles. The van der Waals surface area contributed by atoms with Gasteiger partial charge in [-0.1, -0.05) is 36.4 Å². The summed E-state index contributed by atoms with van der Waals surface area (Å²) >= 11 is 0. The van der Waals surface area contributed by atoms with Gasteiger partial charge in [-0.2, -0.15) is 31.6 Å². The minimum absolute atomic E-state index is 0.125. The van der Waals surface area contributed by atoms with Gasteiger partial charge < -0.3 is 4.98 Å². The molecule has 0 aliphatic rings. The standard InChI is InChI=1S/C25H12F6N2/c26-24(27,28)14-7-5-13(6-8-14)21-18-11-15(25(29,30)31)9-10-16(18)19(12-32)22-17-3-1-2-4-20(17)33-23(21)22/h1-11,33H. The number of H-pyrrole nitrogens is 1. The molecule has 0 amide bonds. The maximum Gasteiger partial charge on any atom is 0.416 e. The van der Waals surface area contributed by atoms with E-state index in [1.54, 1.807) is 24.3 Å². The van der Waals surface area contributed by atoms with E-state index in [1.807, 2.05) is 0 Å². The van der Waals surface area contributed by atoms with Crippen LogP contribution in [0.5, 0.6) is 0 Å². The van der Waals surface area contributed by atoms with Crippen molar-refractivity contribution in [2.45, 2.75) is 12.4 Å². The first-order chi connectivity index (χ1) is 15.6. The minimum Gasteiger partial charge on any atom is -0.354 e. The van der Waals surface area contributed by atoms with Crippen LogP contribution in [0.25, 0.3) is 43.7 Å². The van der Waals surface area contributed by atoms with Crippen LogP contribution in [0.2, 0.25) is 0 Å². The lowest BCUT2D eigenvalue weighted by molar-refractivity contribution is -0.138. The van der Waals surface area contributed by atoms with E-state index in [0.717, 1.165) is 24.3 Å². The summed E-state index contributed by atoms with van der Waals surface area (Å²) in [6.45, 7) is 0. The molecule has 0 saturated carbocycles. The van der Waals surface area contributed by atoms with Gasteiger partial charge in [0.25, 0.3) is 0 Å². The Morgan fingerprint density at radius 2 is 1.33 bits per heavy atom. The molecule has 5 aromatic rings. The fraction of sp³-hybridized carbons (Fsp3) is 0.0800. The van der Waals surface area contributed by atoms with Crippen molar-refractivity contribution in [2.24, 2.45) is 0 Å². The van der Waals surface area contributed by atoms with Crippen molar-refractivity contribution in [3.63, 3.8) is 0 Å². The summed E-state index contributed by atoms with van der Waals surface area (Å²) < 4.78 is 79.7. The Morgan fingerprint density at radius 3 is 1.97 bits per heavy atom. The van der Waals surface area contributed by atoms with E-state index in [9.17, 15) is 31.6 Å². The van der Waals surface area contributed by atoms with E-state index in [-0.39, 0.29) is 16.3 Å². The number of halogens is 6. The number of rotatable bonds is 1. The van der Waals surface area contributed by atoms with E-state index in [2.05, 4.69) is 11.1 Å². The molecule has 2 nitrogen and oxygen atoms in total. The minimum atomic E-state index is -4.63. The Balaban J connectivity index is 1.97. The lowest BCUT2D eigenvalue weighted by Gasteiger charge is -2.15. The summed E-state index contributed by atoms with van der Waals surface area (Å²) in [6, 6.07) is 16.5. The maximum absolute atomic E-state index is 13.5. The van der Waals surface area contributed by atoms with Gasteiger partial charge >= 0.3 is 12.4 Å². The van der Waals surface area contributed by atoms with Crippen molar-refractivity contribution in [2.75, 3.05) is 0 Å². The van der Waals surface area contributed by atoms with Crippen molar-refractivity contribution in [3.8, 4) is 17.2 Å². The number of hydrogen-bond donors (Lipinski definition) is 1. The Hall–Kier alpha value is -3.99. The SMILES string of the molecule is N#Cc1c2ccc(C(F)(F)F)cc2c(-c2ccc(C(F)(F)F)cc2)c2[nH]c3ccccc3c12. The van der Waals surface area contributed by atoms with E-state index < -0.39 is 23.5 Å². The van der Waals surface area contributed by atoms with Gasteiger partial charge in [0, 0.05) is 27.2 Å². The summed E-state index contributed by atoms with van der Waals surface area (Å²) in [5, 5.41) is 11.5. The van der Waals surface area contributed by atoms with Gasteiger partial charge in [-0.3, -0.25) is 0 Å². The zero-order valence-electron chi connectivity index (χ0n) is 16.6. The summed E-state index contributed by atoms with van der Waals surface area (Å²) in [5.74, 6) is 0. The Kier molecular flexibility index (Phi) is 4.43. The van der Waals surface area contributed by atoms with Crippen molar-refractivity contribution in [3.05, 3.63) is 83.4 Å². The van der Waals surface area contributed by atoms with Gasteiger partial charge in [-0.15, -0.1) is 0 Å². The number of nitriles is 1. The van der Waals surface area contributed by atoms with Crippen molar-refractivity contribution in [1.82, 2.24) is 4.98 Å². The Bertz CT molecular complexity index is 1580. The van der Waals surface area contributed by atoms with Crippen molar-refractivity contribution in [1.29, 1.82) is 5.26 Å².